The molecule has 29 heavy (non-hydrogen) atoms. The maximum Gasteiger partial charge on any atom is 0.213 e. The summed E-state index contributed by atoms with van der Waals surface area (Å²) in [7, 11) is 1.74. The predicted molar refractivity (Wildman–Crippen MR) is 117 cm³/mol. The van der Waals surface area contributed by atoms with Gasteiger partial charge in [0.05, 0.1) is 41.7 Å². The summed E-state index contributed by atoms with van der Waals surface area (Å²) < 4.78 is 13.5. The zero-order valence-corrected chi connectivity index (χ0v) is 18.2. The second-order valence-electron chi connectivity index (χ2n) is 8.30. The van der Waals surface area contributed by atoms with Crippen LogP contribution in [0.5, 0.6) is 5.88 Å². The van der Waals surface area contributed by atoms with E-state index in [0.29, 0.717) is 6.61 Å². The summed E-state index contributed by atoms with van der Waals surface area (Å²) in [5, 5.41) is 0. The Balaban J connectivity index is 1.73. The van der Waals surface area contributed by atoms with Crippen molar-refractivity contribution >= 4 is 11.0 Å². The van der Waals surface area contributed by atoms with Gasteiger partial charge in [-0.1, -0.05) is 6.92 Å². The van der Waals surface area contributed by atoms with E-state index in [4.69, 9.17) is 19.4 Å². The summed E-state index contributed by atoms with van der Waals surface area (Å²) in [5.74, 6) is 1.45. The van der Waals surface area contributed by atoms with E-state index in [1.54, 1.807) is 7.11 Å². The van der Waals surface area contributed by atoms with E-state index >= 15 is 0 Å². The van der Waals surface area contributed by atoms with Gasteiger partial charge in [0, 0.05) is 24.9 Å². The summed E-state index contributed by atoms with van der Waals surface area (Å²) in [4.78, 5) is 9.87. The molecule has 154 valence electrons. The van der Waals surface area contributed by atoms with Crippen molar-refractivity contribution < 1.29 is 9.47 Å². The van der Waals surface area contributed by atoms with Crippen molar-refractivity contribution in [3.63, 3.8) is 0 Å². The summed E-state index contributed by atoms with van der Waals surface area (Å²) in [6.07, 6.45) is 5.59. The molecule has 0 amide bonds. The van der Waals surface area contributed by atoms with Gasteiger partial charge in [-0.2, -0.15) is 0 Å². The topological polar surface area (TPSA) is 49.2 Å². The minimum atomic E-state index is 0.263. The van der Waals surface area contributed by atoms with Gasteiger partial charge in [0.15, 0.2) is 0 Å². The second-order valence-corrected chi connectivity index (χ2v) is 8.30. The standard InChI is InChI=1S/C24H31N3O2/c1-6-20-19(9-10-22(25-20)29-14-18-7-8-18)23-15(2)11-21-24(26-23)16(3)12-27(21)17(4)13-28-5/h9-12,17-18H,6-8,13-14H2,1-5H3/t17-/m0/s1. The molecule has 4 rings (SSSR count). The highest BCUT2D eigenvalue weighted by Gasteiger charge is 2.22. The molecule has 0 unspecified atom stereocenters. The molecule has 0 spiro atoms. The Kier molecular flexibility index (Phi) is 5.59. The Bertz CT molecular complexity index is 1020. The van der Waals surface area contributed by atoms with Gasteiger partial charge in [-0.15, -0.1) is 0 Å². The maximum atomic E-state index is 5.89. The van der Waals surface area contributed by atoms with Gasteiger partial charge in [0.1, 0.15) is 0 Å². The number of hydrogen-bond acceptors (Lipinski definition) is 4. The smallest absolute Gasteiger partial charge is 0.213 e. The Morgan fingerprint density at radius 3 is 2.66 bits per heavy atom. The number of methoxy groups -OCH3 is 1. The van der Waals surface area contributed by atoms with Crippen LogP contribution in [0.3, 0.4) is 0 Å². The summed E-state index contributed by atoms with van der Waals surface area (Å²) in [6, 6.07) is 6.61. The van der Waals surface area contributed by atoms with Crippen LogP contribution in [-0.4, -0.2) is 34.9 Å². The van der Waals surface area contributed by atoms with Gasteiger partial charge in [-0.3, -0.25) is 0 Å². The van der Waals surface area contributed by atoms with Crippen molar-refractivity contribution in [2.24, 2.45) is 5.92 Å². The third-order valence-corrected chi connectivity index (χ3v) is 5.76. The number of ether oxygens (including phenoxy) is 2. The van der Waals surface area contributed by atoms with E-state index in [1.807, 2.05) is 6.07 Å². The highest BCUT2D eigenvalue weighted by Crippen LogP contribution is 2.33. The quantitative estimate of drug-likeness (QED) is 0.523. The summed E-state index contributed by atoms with van der Waals surface area (Å²) in [5.41, 5.74) is 7.69. The highest BCUT2D eigenvalue weighted by atomic mass is 16.5. The van der Waals surface area contributed by atoms with Crippen LogP contribution in [0.15, 0.2) is 24.4 Å². The molecule has 0 aromatic carbocycles. The zero-order chi connectivity index (χ0) is 20.5. The van der Waals surface area contributed by atoms with E-state index in [1.165, 1.54) is 18.4 Å². The van der Waals surface area contributed by atoms with E-state index in [9.17, 15) is 0 Å². The molecule has 1 fully saturated rings. The fraction of sp³-hybridized carbons (Fsp3) is 0.500. The molecule has 0 aliphatic heterocycles. The minimum Gasteiger partial charge on any atom is -0.477 e. The van der Waals surface area contributed by atoms with Crippen LogP contribution >= 0.6 is 0 Å². The molecule has 1 atom stereocenters. The molecule has 3 aromatic heterocycles. The van der Waals surface area contributed by atoms with Crippen LogP contribution in [0.25, 0.3) is 22.3 Å². The Labute approximate surface area is 173 Å². The van der Waals surface area contributed by atoms with Crippen molar-refractivity contribution in [3.8, 4) is 17.1 Å². The first-order chi connectivity index (χ1) is 14.0. The van der Waals surface area contributed by atoms with Crippen LogP contribution in [0.2, 0.25) is 0 Å². The third kappa shape index (κ3) is 4.01. The molecule has 0 N–H and O–H groups in total. The Morgan fingerprint density at radius 1 is 1.17 bits per heavy atom. The molecule has 1 aliphatic carbocycles. The Hall–Kier alpha value is -2.40. The van der Waals surface area contributed by atoms with Gasteiger partial charge in [0.25, 0.3) is 0 Å². The first-order valence-corrected chi connectivity index (χ1v) is 10.6. The molecule has 1 saturated carbocycles. The lowest BCUT2D eigenvalue weighted by Gasteiger charge is -2.16. The maximum absolute atomic E-state index is 5.89. The Morgan fingerprint density at radius 2 is 1.97 bits per heavy atom. The van der Waals surface area contributed by atoms with Gasteiger partial charge >= 0.3 is 0 Å². The first-order valence-electron chi connectivity index (χ1n) is 10.6. The molecule has 5 nitrogen and oxygen atoms in total. The minimum absolute atomic E-state index is 0.263. The molecule has 1 aliphatic rings. The first kappa shape index (κ1) is 19.9. The van der Waals surface area contributed by atoms with E-state index < -0.39 is 0 Å². The van der Waals surface area contributed by atoms with E-state index in [-0.39, 0.29) is 6.04 Å². The predicted octanol–water partition coefficient (Wildman–Crippen LogP) is 5.27. The summed E-state index contributed by atoms with van der Waals surface area (Å²) >= 11 is 0. The SMILES string of the molecule is CCc1nc(OCC2CC2)ccc1-c1nc2c(C)cn([C@@H](C)COC)c2cc1C. The van der Waals surface area contributed by atoms with Crippen LogP contribution in [0.1, 0.15) is 49.6 Å². The lowest BCUT2D eigenvalue weighted by atomic mass is 10.0. The largest absolute Gasteiger partial charge is 0.477 e. The van der Waals surface area contributed by atoms with Crippen molar-refractivity contribution in [3.05, 3.63) is 41.2 Å². The number of aromatic nitrogens is 3. The number of hydrogen-bond donors (Lipinski definition) is 0. The average Bonchev–Trinajstić information content (AvgIpc) is 3.49. The lowest BCUT2D eigenvalue weighted by molar-refractivity contribution is 0.164. The normalized spacial score (nSPS) is 15.1. The van der Waals surface area contributed by atoms with Gasteiger partial charge in [-0.05, 0) is 69.2 Å². The van der Waals surface area contributed by atoms with Crippen LogP contribution < -0.4 is 4.74 Å². The van der Waals surface area contributed by atoms with Gasteiger partial charge in [-0.25, -0.2) is 9.97 Å². The average molecular weight is 394 g/mol. The number of rotatable bonds is 8. The van der Waals surface area contributed by atoms with E-state index in [2.05, 4.69) is 50.6 Å². The second kappa shape index (κ2) is 8.15. The van der Waals surface area contributed by atoms with Crippen LogP contribution in [0.4, 0.5) is 0 Å². The fourth-order valence-corrected chi connectivity index (χ4v) is 3.92. The van der Waals surface area contributed by atoms with Crippen molar-refractivity contribution in [2.75, 3.05) is 20.3 Å². The van der Waals surface area contributed by atoms with Crippen molar-refractivity contribution in [2.45, 2.75) is 53.0 Å². The molecule has 3 aromatic rings. The molecular formula is C24H31N3O2. The lowest BCUT2D eigenvalue weighted by Crippen LogP contribution is -2.10. The molecule has 5 heteroatoms. The fourth-order valence-electron chi connectivity index (χ4n) is 3.92. The number of nitrogens with zero attached hydrogens (tertiary/aromatic N) is 3. The molecular weight excluding hydrogens is 362 g/mol. The van der Waals surface area contributed by atoms with Gasteiger partial charge < -0.3 is 14.0 Å². The molecule has 0 radical (unpaired) electrons. The van der Waals surface area contributed by atoms with Crippen molar-refractivity contribution in [1.82, 2.24) is 14.5 Å². The van der Waals surface area contributed by atoms with E-state index in [0.717, 1.165) is 58.4 Å². The molecule has 0 bridgehead atoms. The number of fused-ring (bicyclic) bond motifs is 1. The monoisotopic (exact) mass is 393 g/mol. The molecule has 3 heterocycles. The van der Waals surface area contributed by atoms with Crippen LogP contribution in [0, 0.1) is 19.8 Å². The number of pyridine rings is 2. The highest BCUT2D eigenvalue weighted by molar-refractivity contribution is 5.84. The van der Waals surface area contributed by atoms with Crippen molar-refractivity contribution in [1.29, 1.82) is 0 Å². The zero-order valence-electron chi connectivity index (χ0n) is 18.2. The molecule has 0 saturated heterocycles. The van der Waals surface area contributed by atoms with Gasteiger partial charge in [0.2, 0.25) is 5.88 Å². The summed E-state index contributed by atoms with van der Waals surface area (Å²) in [6.45, 7) is 10.0. The van der Waals surface area contributed by atoms with Crippen LogP contribution in [-0.2, 0) is 11.2 Å². The third-order valence-electron chi connectivity index (χ3n) is 5.76. The number of aryl methyl sites for hydroxylation is 3.